The third-order valence-corrected chi connectivity index (χ3v) is 4.75. The number of hydrogen-bond acceptors (Lipinski definition) is 3. The summed E-state index contributed by atoms with van der Waals surface area (Å²) in [5, 5.41) is 4.70. The highest BCUT2D eigenvalue weighted by molar-refractivity contribution is 5.98. The standard InChI is InChI=1S/C25H24N2O3/c1-3-19-9-6-12-21(17-19)27(18-24(28)26-2)25(29)15-8-16-30-23-14-7-11-20-10-4-5-13-22(20)23/h1,4-7,9-14,17H,8,15-16,18H2,2H3,(H,26,28). The van der Waals surface area contributed by atoms with Gasteiger partial charge in [0.25, 0.3) is 0 Å². The second-order valence-corrected chi connectivity index (χ2v) is 6.78. The van der Waals surface area contributed by atoms with Crippen LogP contribution in [0.15, 0.2) is 66.7 Å². The van der Waals surface area contributed by atoms with Crippen molar-refractivity contribution in [3.8, 4) is 18.1 Å². The minimum atomic E-state index is -0.249. The molecule has 0 atom stereocenters. The molecule has 5 heteroatoms. The Morgan fingerprint density at radius 2 is 1.83 bits per heavy atom. The molecule has 1 N–H and O–H groups in total. The number of carbonyl (C=O) groups is 2. The number of carbonyl (C=O) groups excluding carboxylic acids is 2. The SMILES string of the molecule is C#Cc1cccc(N(CC(=O)NC)C(=O)CCCOc2cccc3ccccc23)c1. The second-order valence-electron chi connectivity index (χ2n) is 6.78. The van der Waals surface area contributed by atoms with Crippen LogP contribution in [0, 0.1) is 12.3 Å². The van der Waals surface area contributed by atoms with Crippen molar-refractivity contribution >= 4 is 28.3 Å². The maximum absolute atomic E-state index is 12.9. The molecule has 0 unspecified atom stereocenters. The number of rotatable bonds is 8. The molecule has 3 rings (SSSR count). The molecule has 5 nitrogen and oxygen atoms in total. The average Bonchev–Trinajstić information content (AvgIpc) is 2.80. The molecule has 0 saturated heterocycles. The van der Waals surface area contributed by atoms with E-state index in [4.69, 9.17) is 11.2 Å². The van der Waals surface area contributed by atoms with Crippen molar-refractivity contribution in [2.24, 2.45) is 0 Å². The number of anilines is 1. The summed E-state index contributed by atoms with van der Waals surface area (Å²) in [7, 11) is 1.54. The van der Waals surface area contributed by atoms with Gasteiger partial charge in [0.1, 0.15) is 12.3 Å². The van der Waals surface area contributed by atoms with Gasteiger partial charge in [-0.25, -0.2) is 0 Å². The molecule has 0 fully saturated rings. The van der Waals surface area contributed by atoms with Crippen LogP contribution in [0.2, 0.25) is 0 Å². The van der Waals surface area contributed by atoms with Crippen LogP contribution >= 0.6 is 0 Å². The molecule has 0 aliphatic rings. The molecule has 152 valence electrons. The molecule has 0 spiro atoms. The third kappa shape index (κ3) is 5.18. The van der Waals surface area contributed by atoms with Crippen molar-refractivity contribution in [2.75, 3.05) is 25.1 Å². The van der Waals surface area contributed by atoms with E-state index in [1.165, 1.54) is 4.90 Å². The highest BCUT2D eigenvalue weighted by atomic mass is 16.5. The minimum absolute atomic E-state index is 0.0620. The van der Waals surface area contributed by atoms with E-state index in [1.807, 2.05) is 42.5 Å². The first-order chi connectivity index (χ1) is 14.6. The van der Waals surface area contributed by atoms with Crippen molar-refractivity contribution in [3.63, 3.8) is 0 Å². The summed E-state index contributed by atoms with van der Waals surface area (Å²) >= 11 is 0. The van der Waals surface area contributed by atoms with Gasteiger partial charge in [-0.15, -0.1) is 6.42 Å². The summed E-state index contributed by atoms with van der Waals surface area (Å²) in [6.45, 7) is 0.339. The number of fused-ring (bicyclic) bond motifs is 1. The van der Waals surface area contributed by atoms with E-state index in [0.29, 0.717) is 24.3 Å². The van der Waals surface area contributed by atoms with Gasteiger partial charge in [-0.2, -0.15) is 0 Å². The Bertz CT molecular complexity index is 1080. The fraction of sp³-hybridized carbons (Fsp3) is 0.200. The summed E-state index contributed by atoms with van der Waals surface area (Å²) in [6.07, 6.45) is 6.25. The lowest BCUT2D eigenvalue weighted by molar-refractivity contribution is -0.123. The average molecular weight is 400 g/mol. The van der Waals surface area contributed by atoms with Gasteiger partial charge < -0.3 is 15.0 Å². The molecule has 0 radical (unpaired) electrons. The van der Waals surface area contributed by atoms with Gasteiger partial charge >= 0.3 is 0 Å². The zero-order chi connectivity index (χ0) is 21.3. The Balaban J connectivity index is 1.64. The molecular weight excluding hydrogens is 376 g/mol. The molecule has 3 aromatic carbocycles. The number of nitrogens with zero attached hydrogens (tertiary/aromatic N) is 1. The van der Waals surface area contributed by atoms with Crippen molar-refractivity contribution < 1.29 is 14.3 Å². The van der Waals surface area contributed by atoms with Crippen LogP contribution in [0.3, 0.4) is 0 Å². The molecule has 30 heavy (non-hydrogen) atoms. The van der Waals surface area contributed by atoms with E-state index in [1.54, 1.807) is 31.3 Å². The van der Waals surface area contributed by atoms with Crippen LogP contribution in [0.1, 0.15) is 18.4 Å². The molecule has 0 aliphatic heterocycles. The molecule has 0 aromatic heterocycles. The zero-order valence-corrected chi connectivity index (χ0v) is 16.9. The summed E-state index contributed by atoms with van der Waals surface area (Å²) in [4.78, 5) is 26.2. The van der Waals surface area contributed by atoms with Crippen LogP contribution in [0.5, 0.6) is 5.75 Å². The van der Waals surface area contributed by atoms with E-state index < -0.39 is 0 Å². The summed E-state index contributed by atoms with van der Waals surface area (Å²) in [6, 6.07) is 21.0. The lowest BCUT2D eigenvalue weighted by Gasteiger charge is -2.22. The Morgan fingerprint density at radius 1 is 1.07 bits per heavy atom. The van der Waals surface area contributed by atoms with Crippen LogP contribution in [0.4, 0.5) is 5.69 Å². The Labute approximate surface area is 176 Å². The van der Waals surface area contributed by atoms with E-state index >= 15 is 0 Å². The smallest absolute Gasteiger partial charge is 0.239 e. The van der Waals surface area contributed by atoms with Crippen LogP contribution in [0.25, 0.3) is 10.8 Å². The van der Waals surface area contributed by atoms with Crippen molar-refractivity contribution in [1.82, 2.24) is 5.32 Å². The molecular formula is C25H24N2O3. The molecule has 3 aromatic rings. The fourth-order valence-corrected chi connectivity index (χ4v) is 3.17. The molecule has 0 heterocycles. The monoisotopic (exact) mass is 400 g/mol. The van der Waals surface area contributed by atoms with Gasteiger partial charge in [-0.05, 0) is 36.1 Å². The van der Waals surface area contributed by atoms with Crippen LogP contribution in [-0.2, 0) is 9.59 Å². The number of ether oxygens (including phenoxy) is 1. The first-order valence-electron chi connectivity index (χ1n) is 9.80. The lowest BCUT2D eigenvalue weighted by atomic mass is 10.1. The number of hydrogen-bond donors (Lipinski definition) is 1. The van der Waals surface area contributed by atoms with Crippen LogP contribution in [-0.4, -0.2) is 32.0 Å². The Hall–Kier alpha value is -3.78. The zero-order valence-electron chi connectivity index (χ0n) is 16.9. The topological polar surface area (TPSA) is 58.6 Å². The highest BCUT2D eigenvalue weighted by Crippen LogP contribution is 2.25. The Morgan fingerprint density at radius 3 is 2.63 bits per heavy atom. The maximum Gasteiger partial charge on any atom is 0.239 e. The van der Waals surface area contributed by atoms with Crippen molar-refractivity contribution in [2.45, 2.75) is 12.8 Å². The summed E-state index contributed by atoms with van der Waals surface area (Å²) in [5.41, 5.74) is 1.26. The fourth-order valence-electron chi connectivity index (χ4n) is 3.17. The van der Waals surface area contributed by atoms with E-state index in [9.17, 15) is 9.59 Å². The van der Waals surface area contributed by atoms with Gasteiger partial charge in [-0.1, -0.05) is 48.4 Å². The number of nitrogens with one attached hydrogen (secondary N) is 1. The largest absolute Gasteiger partial charge is 0.493 e. The highest BCUT2D eigenvalue weighted by Gasteiger charge is 2.18. The van der Waals surface area contributed by atoms with Crippen LogP contribution < -0.4 is 15.0 Å². The minimum Gasteiger partial charge on any atom is -0.493 e. The van der Waals surface area contributed by atoms with Gasteiger partial charge in [0, 0.05) is 30.1 Å². The van der Waals surface area contributed by atoms with E-state index in [2.05, 4.69) is 11.2 Å². The molecule has 0 saturated carbocycles. The second kappa shape index (κ2) is 10.1. The number of benzene rings is 3. The van der Waals surface area contributed by atoms with E-state index in [0.717, 1.165) is 16.5 Å². The normalized spacial score (nSPS) is 10.3. The van der Waals surface area contributed by atoms with Gasteiger partial charge in [0.05, 0.1) is 6.61 Å². The van der Waals surface area contributed by atoms with Gasteiger partial charge in [-0.3, -0.25) is 9.59 Å². The molecule has 2 amide bonds. The van der Waals surface area contributed by atoms with Crippen molar-refractivity contribution in [3.05, 3.63) is 72.3 Å². The predicted octanol–water partition coefficient (Wildman–Crippen LogP) is 3.76. The predicted molar refractivity (Wildman–Crippen MR) is 119 cm³/mol. The summed E-state index contributed by atoms with van der Waals surface area (Å²) < 4.78 is 5.92. The molecule has 0 aliphatic carbocycles. The lowest BCUT2D eigenvalue weighted by Crippen LogP contribution is -2.39. The maximum atomic E-state index is 12.9. The first-order valence-corrected chi connectivity index (χ1v) is 9.80. The van der Waals surface area contributed by atoms with E-state index in [-0.39, 0.29) is 24.8 Å². The summed E-state index contributed by atoms with van der Waals surface area (Å²) in [5.74, 6) is 2.94. The number of amides is 2. The number of terminal acetylenes is 1. The van der Waals surface area contributed by atoms with Gasteiger partial charge in [0.2, 0.25) is 11.8 Å². The van der Waals surface area contributed by atoms with Gasteiger partial charge in [0.15, 0.2) is 0 Å². The number of likely N-dealkylation sites (N-methyl/N-ethyl adjacent to an activating group) is 1. The van der Waals surface area contributed by atoms with Crippen molar-refractivity contribution in [1.29, 1.82) is 0 Å². The third-order valence-electron chi connectivity index (χ3n) is 4.75. The molecule has 0 bridgehead atoms. The quantitative estimate of drug-likeness (QED) is 0.463. The Kier molecular flexibility index (Phi) is 7.07. The first kappa shape index (κ1) is 20.9.